The second kappa shape index (κ2) is 10.3. The molecule has 0 unspecified atom stereocenters. The highest BCUT2D eigenvalue weighted by atomic mass is 79.9. The minimum atomic E-state index is -0.354. The zero-order chi connectivity index (χ0) is 25.4. The molecule has 0 spiro atoms. The number of imide groups is 1. The van der Waals surface area contributed by atoms with E-state index in [1.165, 1.54) is 4.90 Å². The quantitative estimate of drug-likeness (QED) is 0.403. The SMILES string of the molecule is COCC1=C2[C@@H](CC/C(=C/c3cc(Br)ccc3O)c3ccccn3)OC[C@@H]2[C@@H]2C(=O)N(C)C(=O)[C@@H]2C1. The Morgan fingerprint density at radius 1 is 1.25 bits per heavy atom. The Kier molecular flexibility index (Phi) is 7.10. The van der Waals surface area contributed by atoms with Crippen molar-refractivity contribution in [2.24, 2.45) is 17.8 Å². The van der Waals surface area contributed by atoms with E-state index >= 15 is 0 Å². The number of likely N-dealkylation sites (tertiary alicyclic amines) is 1. The number of allylic oxidation sites excluding steroid dienone is 1. The van der Waals surface area contributed by atoms with Crippen LogP contribution >= 0.6 is 15.9 Å². The Labute approximate surface area is 218 Å². The molecule has 1 aromatic heterocycles. The van der Waals surface area contributed by atoms with E-state index in [4.69, 9.17) is 9.47 Å². The van der Waals surface area contributed by atoms with Gasteiger partial charge in [0.2, 0.25) is 11.8 Å². The molecule has 0 radical (unpaired) electrons. The number of halogens is 1. The molecule has 7 nitrogen and oxygen atoms in total. The number of hydrogen-bond acceptors (Lipinski definition) is 6. The lowest BCUT2D eigenvalue weighted by atomic mass is 9.69. The minimum absolute atomic E-state index is 0.100. The number of carbonyl (C=O) groups excluding carboxylic acids is 2. The molecule has 0 saturated carbocycles. The molecule has 4 atom stereocenters. The smallest absolute Gasteiger partial charge is 0.233 e. The third-order valence-corrected chi connectivity index (χ3v) is 8.03. The van der Waals surface area contributed by atoms with E-state index in [-0.39, 0.29) is 41.4 Å². The summed E-state index contributed by atoms with van der Waals surface area (Å²) < 4.78 is 12.7. The summed E-state index contributed by atoms with van der Waals surface area (Å²) in [6, 6.07) is 11.1. The molecule has 2 aromatic rings. The van der Waals surface area contributed by atoms with E-state index in [0.717, 1.165) is 26.9 Å². The van der Waals surface area contributed by atoms with Gasteiger partial charge < -0.3 is 14.6 Å². The predicted molar refractivity (Wildman–Crippen MR) is 139 cm³/mol. The number of aromatic nitrogens is 1. The van der Waals surface area contributed by atoms with Crippen LogP contribution < -0.4 is 0 Å². The number of amides is 2. The molecule has 2 amide bonds. The van der Waals surface area contributed by atoms with Gasteiger partial charge in [0.25, 0.3) is 0 Å². The Morgan fingerprint density at radius 3 is 2.83 bits per heavy atom. The minimum Gasteiger partial charge on any atom is -0.507 e. The number of ether oxygens (including phenoxy) is 2. The molecule has 1 aromatic carbocycles. The van der Waals surface area contributed by atoms with Crippen LogP contribution in [0.2, 0.25) is 0 Å². The third-order valence-electron chi connectivity index (χ3n) is 7.54. The zero-order valence-electron chi connectivity index (χ0n) is 20.3. The van der Waals surface area contributed by atoms with Gasteiger partial charge in [-0.3, -0.25) is 19.5 Å². The average molecular weight is 553 g/mol. The normalized spacial score (nSPS) is 26.0. The Balaban J connectivity index is 1.45. The van der Waals surface area contributed by atoms with E-state index in [2.05, 4.69) is 20.9 Å². The number of fused-ring (bicyclic) bond motifs is 3. The van der Waals surface area contributed by atoms with Crippen LogP contribution in [0.3, 0.4) is 0 Å². The number of benzene rings is 1. The van der Waals surface area contributed by atoms with Crippen LogP contribution in [0.4, 0.5) is 0 Å². The largest absolute Gasteiger partial charge is 0.507 e. The fourth-order valence-corrected chi connectivity index (χ4v) is 6.26. The first-order valence-electron chi connectivity index (χ1n) is 12.1. The standard InChI is InChI=1S/C28H29BrN2O5/c1-31-27(33)20-13-18(14-35-2)25-21(26(20)28(31)34)15-36-24(25)9-6-16(22-5-3-4-10-30-22)11-17-12-19(29)7-8-23(17)32/h3-5,7-8,10-12,20-21,24,26,32H,6,9,13-15H2,1-2H3/b16-11-/t20-,21+,24-,26-/m1/s1. The summed E-state index contributed by atoms with van der Waals surface area (Å²) in [5.41, 5.74) is 4.72. The zero-order valence-corrected chi connectivity index (χ0v) is 21.9. The van der Waals surface area contributed by atoms with Crippen molar-refractivity contribution in [1.82, 2.24) is 9.88 Å². The van der Waals surface area contributed by atoms with Crippen molar-refractivity contribution in [3.8, 4) is 5.75 Å². The summed E-state index contributed by atoms with van der Waals surface area (Å²) in [7, 11) is 3.23. The lowest BCUT2D eigenvalue weighted by molar-refractivity contribution is -0.138. The number of nitrogens with zero attached hydrogens (tertiary/aromatic N) is 2. The summed E-state index contributed by atoms with van der Waals surface area (Å²) >= 11 is 3.48. The summed E-state index contributed by atoms with van der Waals surface area (Å²) in [4.78, 5) is 31.5. The van der Waals surface area contributed by atoms with Crippen LogP contribution in [0.15, 0.2) is 58.2 Å². The third kappa shape index (κ3) is 4.53. The monoisotopic (exact) mass is 552 g/mol. The topological polar surface area (TPSA) is 89.0 Å². The first-order valence-corrected chi connectivity index (χ1v) is 12.9. The van der Waals surface area contributed by atoms with Gasteiger partial charge >= 0.3 is 0 Å². The second-order valence-corrected chi connectivity index (χ2v) is 10.5. The highest BCUT2D eigenvalue weighted by molar-refractivity contribution is 9.10. The van der Waals surface area contributed by atoms with Crippen LogP contribution in [-0.4, -0.2) is 60.3 Å². The maximum absolute atomic E-state index is 12.9. The molecule has 1 N–H and O–H groups in total. The number of rotatable bonds is 7. The van der Waals surface area contributed by atoms with Crippen LogP contribution in [0.25, 0.3) is 11.6 Å². The van der Waals surface area contributed by atoms with Gasteiger partial charge in [-0.1, -0.05) is 22.0 Å². The lowest BCUT2D eigenvalue weighted by Gasteiger charge is -2.31. The molecule has 2 aliphatic heterocycles. The summed E-state index contributed by atoms with van der Waals surface area (Å²) in [5, 5.41) is 10.4. The van der Waals surface area contributed by atoms with Gasteiger partial charge in [0.15, 0.2) is 0 Å². The number of carbonyl (C=O) groups is 2. The van der Waals surface area contributed by atoms with Crippen molar-refractivity contribution >= 4 is 39.4 Å². The Bertz CT molecular complexity index is 1240. The van der Waals surface area contributed by atoms with Gasteiger partial charge in [-0.25, -0.2) is 0 Å². The van der Waals surface area contributed by atoms with E-state index < -0.39 is 0 Å². The fraction of sp³-hybridized carbons (Fsp3) is 0.393. The number of phenols is 1. The molecule has 2 saturated heterocycles. The molecule has 8 heteroatoms. The second-order valence-electron chi connectivity index (χ2n) is 9.62. The van der Waals surface area contributed by atoms with Crippen molar-refractivity contribution in [1.29, 1.82) is 0 Å². The van der Waals surface area contributed by atoms with Gasteiger partial charge in [-0.2, -0.15) is 0 Å². The van der Waals surface area contributed by atoms with Gasteiger partial charge in [0, 0.05) is 36.3 Å². The summed E-state index contributed by atoms with van der Waals surface area (Å²) in [6.07, 6.45) is 5.43. The number of hydrogen-bond donors (Lipinski definition) is 1. The van der Waals surface area contributed by atoms with Gasteiger partial charge in [0.1, 0.15) is 5.75 Å². The first-order chi connectivity index (χ1) is 17.4. The first kappa shape index (κ1) is 24.9. The van der Waals surface area contributed by atoms with Gasteiger partial charge in [-0.15, -0.1) is 0 Å². The highest BCUT2D eigenvalue weighted by Gasteiger charge is 2.56. The van der Waals surface area contributed by atoms with Crippen molar-refractivity contribution in [2.75, 3.05) is 27.4 Å². The maximum atomic E-state index is 12.9. The number of aromatic hydroxyl groups is 1. The number of methoxy groups -OCH3 is 1. The van der Waals surface area contributed by atoms with E-state index in [1.807, 2.05) is 30.3 Å². The molecule has 5 rings (SSSR count). The van der Waals surface area contributed by atoms with Gasteiger partial charge in [0.05, 0.1) is 36.8 Å². The molecular formula is C28H29BrN2O5. The van der Waals surface area contributed by atoms with Crippen LogP contribution in [0.1, 0.15) is 30.5 Å². The molecule has 1 aliphatic carbocycles. The number of phenolic OH excluding ortho intramolecular Hbond substituents is 1. The molecular weight excluding hydrogens is 524 g/mol. The van der Waals surface area contributed by atoms with E-state index in [9.17, 15) is 14.7 Å². The highest BCUT2D eigenvalue weighted by Crippen LogP contribution is 2.49. The maximum Gasteiger partial charge on any atom is 0.233 e. The molecule has 36 heavy (non-hydrogen) atoms. The van der Waals surface area contributed by atoms with Crippen LogP contribution in [0.5, 0.6) is 5.75 Å². The number of pyridine rings is 1. The molecule has 2 fully saturated rings. The van der Waals surface area contributed by atoms with Crippen molar-refractivity contribution < 1.29 is 24.2 Å². The molecule has 3 aliphatic rings. The summed E-state index contributed by atoms with van der Waals surface area (Å²) in [6.45, 7) is 0.852. The predicted octanol–water partition coefficient (Wildman–Crippen LogP) is 4.46. The van der Waals surface area contributed by atoms with E-state index in [1.54, 1.807) is 32.5 Å². The van der Waals surface area contributed by atoms with Crippen LogP contribution in [-0.2, 0) is 19.1 Å². The summed E-state index contributed by atoms with van der Waals surface area (Å²) in [5.74, 6) is -0.792. The van der Waals surface area contributed by atoms with Crippen molar-refractivity contribution in [3.63, 3.8) is 0 Å². The molecule has 188 valence electrons. The Morgan fingerprint density at radius 2 is 2.08 bits per heavy atom. The van der Waals surface area contributed by atoms with Crippen molar-refractivity contribution in [3.05, 3.63) is 69.5 Å². The fourth-order valence-electron chi connectivity index (χ4n) is 5.88. The Hall–Kier alpha value is -2.81. The lowest BCUT2D eigenvalue weighted by Crippen LogP contribution is -2.34. The van der Waals surface area contributed by atoms with Gasteiger partial charge in [-0.05, 0) is 72.4 Å². The van der Waals surface area contributed by atoms with Crippen LogP contribution in [0, 0.1) is 17.8 Å². The molecule has 0 bridgehead atoms. The molecule has 3 heterocycles. The van der Waals surface area contributed by atoms with Crippen molar-refractivity contribution in [2.45, 2.75) is 25.4 Å². The van der Waals surface area contributed by atoms with E-state index in [0.29, 0.717) is 38.0 Å². The average Bonchev–Trinajstić information content (AvgIpc) is 3.40.